The zero-order valence-corrected chi connectivity index (χ0v) is 16.1. The van der Waals surface area contributed by atoms with Gasteiger partial charge in [0, 0.05) is 29.7 Å². The van der Waals surface area contributed by atoms with E-state index in [1.165, 1.54) is 0 Å². The Morgan fingerprint density at radius 2 is 2.15 bits per heavy atom. The highest BCUT2D eigenvalue weighted by Gasteiger charge is 2.19. The van der Waals surface area contributed by atoms with Gasteiger partial charge < -0.3 is 10.1 Å². The van der Waals surface area contributed by atoms with Crippen molar-refractivity contribution < 1.29 is 9.53 Å². The third-order valence-electron chi connectivity index (χ3n) is 3.75. The summed E-state index contributed by atoms with van der Waals surface area (Å²) in [5.74, 6) is 0.614. The molecule has 0 saturated carbocycles. The number of carbonyl (C=O) groups is 1. The molecule has 2 aromatic heterocycles. The van der Waals surface area contributed by atoms with E-state index in [1.54, 1.807) is 24.5 Å². The molecular weight excluding hydrogens is 396 g/mol. The normalized spacial score (nSPS) is 10.8. The standard InChI is InChI=1S/C19H19BrN4O2/c1-12(2)17-16(20)18(24-23-17)19(25)22-14-6-3-7-15(9-14)26-11-13-5-4-8-21-10-13/h3-10,12H,11H2,1-2H3,(H,22,25)(H,23,24). The maximum atomic E-state index is 12.5. The van der Waals surface area contributed by atoms with Crippen LogP contribution in [0.4, 0.5) is 5.69 Å². The molecule has 0 unspecified atom stereocenters. The number of amides is 1. The molecule has 0 aliphatic heterocycles. The molecule has 7 heteroatoms. The van der Waals surface area contributed by atoms with E-state index in [0.29, 0.717) is 28.2 Å². The number of hydrogen-bond donors (Lipinski definition) is 2. The second-order valence-electron chi connectivity index (χ2n) is 6.09. The van der Waals surface area contributed by atoms with Crippen molar-refractivity contribution in [1.29, 1.82) is 0 Å². The maximum absolute atomic E-state index is 12.5. The van der Waals surface area contributed by atoms with Crippen LogP contribution < -0.4 is 10.1 Å². The zero-order valence-electron chi connectivity index (χ0n) is 14.5. The Labute approximate surface area is 160 Å². The number of halogens is 1. The minimum Gasteiger partial charge on any atom is -0.489 e. The maximum Gasteiger partial charge on any atom is 0.277 e. The van der Waals surface area contributed by atoms with Crippen LogP contribution in [-0.2, 0) is 6.61 Å². The summed E-state index contributed by atoms with van der Waals surface area (Å²) in [5.41, 5.74) is 2.84. The van der Waals surface area contributed by atoms with E-state index in [-0.39, 0.29) is 11.8 Å². The van der Waals surface area contributed by atoms with Gasteiger partial charge in [0.15, 0.2) is 5.69 Å². The number of rotatable bonds is 6. The smallest absolute Gasteiger partial charge is 0.277 e. The van der Waals surface area contributed by atoms with Gasteiger partial charge in [-0.15, -0.1) is 0 Å². The number of nitrogens with zero attached hydrogens (tertiary/aromatic N) is 2. The Balaban J connectivity index is 1.67. The first-order valence-corrected chi connectivity index (χ1v) is 9.00. The third kappa shape index (κ3) is 4.29. The van der Waals surface area contributed by atoms with Gasteiger partial charge in [0.05, 0.1) is 10.2 Å². The summed E-state index contributed by atoms with van der Waals surface area (Å²) in [5, 5.41) is 9.86. The largest absolute Gasteiger partial charge is 0.489 e. The Morgan fingerprint density at radius 3 is 2.85 bits per heavy atom. The van der Waals surface area contributed by atoms with Crippen LogP contribution in [0.3, 0.4) is 0 Å². The molecule has 3 rings (SSSR count). The molecule has 0 saturated heterocycles. The van der Waals surface area contributed by atoms with Gasteiger partial charge in [0.25, 0.3) is 5.91 Å². The number of ether oxygens (including phenoxy) is 1. The van der Waals surface area contributed by atoms with E-state index >= 15 is 0 Å². The first-order chi connectivity index (χ1) is 12.5. The van der Waals surface area contributed by atoms with Gasteiger partial charge in [-0.05, 0) is 40.0 Å². The Kier molecular flexibility index (Phi) is 5.68. The Hall–Kier alpha value is -2.67. The van der Waals surface area contributed by atoms with Gasteiger partial charge in [0.1, 0.15) is 12.4 Å². The van der Waals surface area contributed by atoms with Crippen molar-refractivity contribution in [1.82, 2.24) is 15.2 Å². The highest BCUT2D eigenvalue weighted by molar-refractivity contribution is 9.10. The van der Waals surface area contributed by atoms with Crippen LogP contribution in [-0.4, -0.2) is 21.1 Å². The van der Waals surface area contributed by atoms with E-state index in [2.05, 4.69) is 36.4 Å². The van der Waals surface area contributed by atoms with E-state index < -0.39 is 0 Å². The van der Waals surface area contributed by atoms with E-state index in [1.807, 2.05) is 38.1 Å². The molecule has 0 aliphatic carbocycles. The molecule has 1 amide bonds. The molecule has 1 aromatic carbocycles. The Bertz CT molecular complexity index is 894. The highest BCUT2D eigenvalue weighted by atomic mass is 79.9. The first-order valence-electron chi connectivity index (χ1n) is 8.21. The molecule has 0 atom stereocenters. The van der Waals surface area contributed by atoms with Crippen molar-refractivity contribution in [2.24, 2.45) is 0 Å². The SMILES string of the molecule is CC(C)c1[nH]nc(C(=O)Nc2cccc(OCc3cccnc3)c2)c1Br. The van der Waals surface area contributed by atoms with Gasteiger partial charge in [-0.2, -0.15) is 5.10 Å². The lowest BCUT2D eigenvalue weighted by Gasteiger charge is -2.09. The lowest BCUT2D eigenvalue weighted by atomic mass is 10.1. The van der Waals surface area contributed by atoms with Crippen molar-refractivity contribution in [3.8, 4) is 5.75 Å². The van der Waals surface area contributed by atoms with Gasteiger partial charge in [0.2, 0.25) is 0 Å². The second-order valence-corrected chi connectivity index (χ2v) is 6.88. The number of hydrogen-bond acceptors (Lipinski definition) is 4. The lowest BCUT2D eigenvalue weighted by Crippen LogP contribution is -2.13. The molecule has 2 heterocycles. The van der Waals surface area contributed by atoms with Crippen molar-refractivity contribution in [2.75, 3.05) is 5.32 Å². The van der Waals surface area contributed by atoms with Gasteiger partial charge in [-0.25, -0.2) is 0 Å². The molecular formula is C19H19BrN4O2. The average molecular weight is 415 g/mol. The molecule has 134 valence electrons. The number of carbonyl (C=O) groups excluding carboxylic acids is 1. The van der Waals surface area contributed by atoms with E-state index in [0.717, 1.165) is 11.3 Å². The van der Waals surface area contributed by atoms with E-state index in [9.17, 15) is 4.79 Å². The summed E-state index contributed by atoms with van der Waals surface area (Å²) in [4.78, 5) is 16.5. The van der Waals surface area contributed by atoms with Crippen LogP contribution in [0, 0.1) is 0 Å². The number of nitrogens with one attached hydrogen (secondary N) is 2. The van der Waals surface area contributed by atoms with Gasteiger partial charge >= 0.3 is 0 Å². The number of pyridine rings is 1. The first kappa shape index (κ1) is 18.1. The summed E-state index contributed by atoms with van der Waals surface area (Å²) in [7, 11) is 0. The van der Waals surface area contributed by atoms with Crippen molar-refractivity contribution in [3.63, 3.8) is 0 Å². The predicted molar refractivity (Wildman–Crippen MR) is 103 cm³/mol. The van der Waals surface area contributed by atoms with Crippen molar-refractivity contribution in [2.45, 2.75) is 26.4 Å². The minimum atomic E-state index is -0.288. The molecule has 0 radical (unpaired) electrons. The number of aromatic nitrogens is 3. The lowest BCUT2D eigenvalue weighted by molar-refractivity contribution is 0.102. The molecule has 0 fully saturated rings. The second kappa shape index (κ2) is 8.14. The van der Waals surface area contributed by atoms with Gasteiger partial charge in [-0.1, -0.05) is 26.0 Å². The summed E-state index contributed by atoms with van der Waals surface area (Å²) in [6.07, 6.45) is 3.48. The topological polar surface area (TPSA) is 79.9 Å². The summed E-state index contributed by atoms with van der Waals surface area (Å²) in [6, 6.07) is 11.1. The van der Waals surface area contributed by atoms with Crippen LogP contribution in [0.5, 0.6) is 5.75 Å². The molecule has 0 spiro atoms. The fourth-order valence-electron chi connectivity index (χ4n) is 2.38. The molecule has 2 N–H and O–H groups in total. The molecule has 3 aromatic rings. The average Bonchev–Trinajstić information content (AvgIpc) is 3.03. The van der Waals surface area contributed by atoms with Crippen LogP contribution in [0.1, 0.15) is 41.5 Å². The predicted octanol–water partition coefficient (Wildman–Crippen LogP) is 4.52. The quantitative estimate of drug-likeness (QED) is 0.620. The molecule has 0 aliphatic rings. The Morgan fingerprint density at radius 1 is 1.31 bits per heavy atom. The summed E-state index contributed by atoms with van der Waals surface area (Å²) in [6.45, 7) is 4.47. The third-order valence-corrected chi connectivity index (χ3v) is 4.55. The summed E-state index contributed by atoms with van der Waals surface area (Å²) >= 11 is 3.45. The number of aromatic amines is 1. The zero-order chi connectivity index (χ0) is 18.5. The molecule has 26 heavy (non-hydrogen) atoms. The van der Waals surface area contributed by atoms with Crippen LogP contribution in [0.2, 0.25) is 0 Å². The fourth-order valence-corrected chi connectivity index (χ4v) is 3.19. The van der Waals surface area contributed by atoms with E-state index in [4.69, 9.17) is 4.74 Å². The summed E-state index contributed by atoms with van der Waals surface area (Å²) < 4.78 is 6.45. The number of anilines is 1. The van der Waals surface area contributed by atoms with Gasteiger partial charge in [-0.3, -0.25) is 14.9 Å². The number of H-pyrrole nitrogens is 1. The fraction of sp³-hybridized carbons (Fsp3) is 0.211. The molecule has 6 nitrogen and oxygen atoms in total. The van der Waals surface area contributed by atoms with Crippen LogP contribution in [0.25, 0.3) is 0 Å². The number of benzene rings is 1. The monoisotopic (exact) mass is 414 g/mol. The molecule has 0 bridgehead atoms. The van der Waals surface area contributed by atoms with Crippen LogP contribution in [0.15, 0.2) is 53.3 Å². The van der Waals surface area contributed by atoms with Crippen molar-refractivity contribution >= 4 is 27.5 Å². The highest BCUT2D eigenvalue weighted by Crippen LogP contribution is 2.26. The minimum absolute atomic E-state index is 0.239. The van der Waals surface area contributed by atoms with Crippen LogP contribution >= 0.6 is 15.9 Å². The van der Waals surface area contributed by atoms with Crippen molar-refractivity contribution in [3.05, 3.63) is 70.2 Å².